The fourth-order valence-electron chi connectivity index (χ4n) is 4.64. The largest absolute Gasteiger partial charge is 0.338 e. The molecule has 0 N–H and O–H groups in total. The van der Waals surface area contributed by atoms with Crippen molar-refractivity contribution in [2.45, 2.75) is 65.7 Å². The van der Waals surface area contributed by atoms with Gasteiger partial charge >= 0.3 is 0 Å². The topological polar surface area (TPSA) is 89.2 Å². The van der Waals surface area contributed by atoms with E-state index in [9.17, 15) is 9.59 Å². The standard InChI is InChI=1S/C24H31N7O2S/c1-16-10-17(2)30(26-16)9-7-22(32)29-8-6-21-20(13-29)23(27-31(21)11-18-4-5-18)24(33)28(3)12-19-14-34-15-25-19/h10,14-15,18H,4-9,11-13H2,1-3H3. The van der Waals surface area contributed by atoms with Crippen LogP contribution < -0.4 is 0 Å². The smallest absolute Gasteiger partial charge is 0.274 e. The lowest BCUT2D eigenvalue weighted by atomic mass is 10.0. The van der Waals surface area contributed by atoms with Gasteiger partial charge in [0.15, 0.2) is 5.69 Å². The van der Waals surface area contributed by atoms with E-state index in [-0.39, 0.29) is 11.8 Å². The van der Waals surface area contributed by atoms with Gasteiger partial charge in [-0.15, -0.1) is 11.3 Å². The zero-order chi connectivity index (χ0) is 23.8. The number of fused-ring (bicyclic) bond motifs is 1. The van der Waals surface area contributed by atoms with Crippen molar-refractivity contribution in [2.24, 2.45) is 5.92 Å². The van der Waals surface area contributed by atoms with Gasteiger partial charge in [0.05, 0.1) is 23.4 Å². The van der Waals surface area contributed by atoms with Gasteiger partial charge in [-0.25, -0.2) is 4.98 Å². The zero-order valence-corrected chi connectivity index (χ0v) is 20.8. The second-order valence-electron chi connectivity index (χ2n) is 9.51. The van der Waals surface area contributed by atoms with Gasteiger partial charge in [0, 0.05) is 68.4 Å². The molecule has 1 aliphatic heterocycles. The molecule has 3 aromatic heterocycles. The molecule has 0 bridgehead atoms. The van der Waals surface area contributed by atoms with Crippen LogP contribution >= 0.6 is 11.3 Å². The van der Waals surface area contributed by atoms with Crippen molar-refractivity contribution in [1.29, 1.82) is 0 Å². The predicted molar refractivity (Wildman–Crippen MR) is 128 cm³/mol. The van der Waals surface area contributed by atoms with Gasteiger partial charge in [-0.2, -0.15) is 10.2 Å². The first-order valence-corrected chi connectivity index (χ1v) is 12.8. The van der Waals surface area contributed by atoms with Crippen LogP contribution in [-0.4, -0.2) is 59.8 Å². The lowest BCUT2D eigenvalue weighted by Gasteiger charge is -2.28. The normalized spacial score (nSPS) is 15.4. The molecule has 10 heteroatoms. The average molecular weight is 482 g/mol. The molecule has 2 aliphatic rings. The van der Waals surface area contributed by atoms with Gasteiger partial charge in [0.25, 0.3) is 5.91 Å². The maximum Gasteiger partial charge on any atom is 0.274 e. The van der Waals surface area contributed by atoms with Crippen LogP contribution in [0.2, 0.25) is 0 Å². The third kappa shape index (κ3) is 4.77. The first-order chi connectivity index (χ1) is 16.4. The van der Waals surface area contributed by atoms with Crippen LogP contribution in [-0.2, 0) is 37.4 Å². The van der Waals surface area contributed by atoms with Crippen molar-refractivity contribution in [1.82, 2.24) is 34.3 Å². The Kier molecular flexibility index (Phi) is 6.24. The van der Waals surface area contributed by atoms with Gasteiger partial charge in [-0.05, 0) is 38.7 Å². The van der Waals surface area contributed by atoms with Crippen molar-refractivity contribution in [2.75, 3.05) is 13.6 Å². The molecule has 0 atom stereocenters. The van der Waals surface area contributed by atoms with Crippen LogP contribution in [0.25, 0.3) is 0 Å². The summed E-state index contributed by atoms with van der Waals surface area (Å²) in [6.07, 6.45) is 3.56. The third-order valence-corrected chi connectivity index (χ3v) is 7.32. The fourth-order valence-corrected chi connectivity index (χ4v) is 5.19. The van der Waals surface area contributed by atoms with Gasteiger partial charge in [-0.1, -0.05) is 0 Å². The number of hydrogen-bond donors (Lipinski definition) is 0. The highest BCUT2D eigenvalue weighted by Gasteiger charge is 2.33. The summed E-state index contributed by atoms with van der Waals surface area (Å²) in [6, 6.07) is 2.02. The van der Waals surface area contributed by atoms with Crippen molar-refractivity contribution in [3.8, 4) is 0 Å². The molecule has 3 aromatic rings. The van der Waals surface area contributed by atoms with Crippen LogP contribution in [0.15, 0.2) is 17.0 Å². The lowest BCUT2D eigenvalue weighted by molar-refractivity contribution is -0.132. The first-order valence-electron chi connectivity index (χ1n) is 11.9. The average Bonchev–Trinajstić information content (AvgIpc) is 3.19. The van der Waals surface area contributed by atoms with E-state index in [4.69, 9.17) is 5.10 Å². The molecule has 1 aliphatic carbocycles. The Labute approximate surface area is 203 Å². The van der Waals surface area contributed by atoms with Gasteiger partial charge in [0.1, 0.15) is 0 Å². The van der Waals surface area contributed by atoms with E-state index in [0.717, 1.165) is 41.3 Å². The number of nitrogens with zero attached hydrogens (tertiary/aromatic N) is 7. The van der Waals surface area contributed by atoms with E-state index in [0.29, 0.717) is 44.2 Å². The summed E-state index contributed by atoms with van der Waals surface area (Å²) in [5, 5.41) is 11.2. The first kappa shape index (κ1) is 22.8. The van der Waals surface area contributed by atoms with Crippen LogP contribution in [0.4, 0.5) is 0 Å². The zero-order valence-electron chi connectivity index (χ0n) is 20.0. The molecular formula is C24H31N7O2S. The number of amides is 2. The summed E-state index contributed by atoms with van der Waals surface area (Å²) in [7, 11) is 1.79. The van der Waals surface area contributed by atoms with E-state index in [1.165, 1.54) is 24.2 Å². The predicted octanol–water partition coefficient (Wildman–Crippen LogP) is 2.81. The van der Waals surface area contributed by atoms with Gasteiger partial charge in [-0.3, -0.25) is 19.0 Å². The molecule has 0 unspecified atom stereocenters. The SMILES string of the molecule is Cc1cc(C)n(CCC(=O)N2CCc3c(c(C(=O)N(C)Cc4cscn4)nn3CC3CC3)C2)n1. The molecule has 180 valence electrons. The van der Waals surface area contributed by atoms with Crippen LogP contribution in [0.3, 0.4) is 0 Å². The van der Waals surface area contributed by atoms with E-state index in [1.54, 1.807) is 17.5 Å². The minimum atomic E-state index is -0.115. The number of thiazole rings is 1. The van der Waals surface area contributed by atoms with Crippen molar-refractivity contribution in [3.63, 3.8) is 0 Å². The van der Waals surface area contributed by atoms with E-state index >= 15 is 0 Å². The Hall–Kier alpha value is -3.01. The van der Waals surface area contributed by atoms with E-state index in [1.807, 2.05) is 39.6 Å². The van der Waals surface area contributed by atoms with Crippen molar-refractivity contribution >= 4 is 23.2 Å². The number of carbonyl (C=O) groups is 2. The van der Waals surface area contributed by atoms with E-state index in [2.05, 4.69) is 10.1 Å². The summed E-state index contributed by atoms with van der Waals surface area (Å²) in [4.78, 5) is 34.3. The monoisotopic (exact) mass is 481 g/mol. The number of aryl methyl sites for hydroxylation is 3. The number of aromatic nitrogens is 5. The molecule has 0 saturated heterocycles. The molecule has 34 heavy (non-hydrogen) atoms. The van der Waals surface area contributed by atoms with Gasteiger partial charge < -0.3 is 9.80 Å². The Balaban J connectivity index is 1.33. The second kappa shape index (κ2) is 9.32. The number of carbonyl (C=O) groups excluding carboxylic acids is 2. The minimum Gasteiger partial charge on any atom is -0.338 e. The van der Waals surface area contributed by atoms with Crippen LogP contribution in [0.1, 0.15) is 58.1 Å². The summed E-state index contributed by atoms with van der Waals surface area (Å²) >= 11 is 1.52. The summed E-state index contributed by atoms with van der Waals surface area (Å²) in [5.74, 6) is 0.623. The molecule has 0 radical (unpaired) electrons. The molecule has 1 saturated carbocycles. The highest BCUT2D eigenvalue weighted by Crippen LogP contribution is 2.33. The molecule has 0 aromatic carbocycles. The van der Waals surface area contributed by atoms with Crippen LogP contribution in [0, 0.1) is 19.8 Å². The lowest BCUT2D eigenvalue weighted by Crippen LogP contribution is -2.37. The number of rotatable bonds is 8. The maximum atomic E-state index is 13.4. The second-order valence-corrected chi connectivity index (χ2v) is 10.2. The number of hydrogen-bond acceptors (Lipinski definition) is 6. The molecule has 0 spiro atoms. The van der Waals surface area contributed by atoms with Crippen molar-refractivity contribution < 1.29 is 9.59 Å². The summed E-state index contributed by atoms with van der Waals surface area (Å²) in [6.45, 7) is 6.91. The summed E-state index contributed by atoms with van der Waals surface area (Å²) in [5.41, 5.74) is 7.15. The molecular weight excluding hydrogens is 450 g/mol. The Bertz CT molecular complexity index is 1190. The highest BCUT2D eigenvalue weighted by molar-refractivity contribution is 7.07. The maximum absolute atomic E-state index is 13.4. The Morgan fingerprint density at radius 2 is 2.03 bits per heavy atom. The molecule has 5 rings (SSSR count). The molecule has 9 nitrogen and oxygen atoms in total. The summed E-state index contributed by atoms with van der Waals surface area (Å²) < 4.78 is 3.92. The van der Waals surface area contributed by atoms with Crippen LogP contribution in [0.5, 0.6) is 0 Å². The van der Waals surface area contributed by atoms with E-state index < -0.39 is 0 Å². The molecule has 2 amide bonds. The highest BCUT2D eigenvalue weighted by atomic mass is 32.1. The third-order valence-electron chi connectivity index (χ3n) is 6.69. The Morgan fingerprint density at radius 1 is 1.21 bits per heavy atom. The Morgan fingerprint density at radius 3 is 2.71 bits per heavy atom. The fraction of sp³-hybridized carbons (Fsp3) is 0.542. The van der Waals surface area contributed by atoms with Crippen molar-refractivity contribution in [3.05, 3.63) is 51.0 Å². The quantitative estimate of drug-likeness (QED) is 0.494. The van der Waals surface area contributed by atoms with Gasteiger partial charge in [0.2, 0.25) is 5.91 Å². The molecule has 1 fully saturated rings. The minimum absolute atomic E-state index is 0.0855. The molecule has 4 heterocycles.